The highest BCUT2D eigenvalue weighted by molar-refractivity contribution is 5.91. The number of methoxy groups -OCH3 is 1. The Hall–Kier alpha value is -5.70. The van der Waals surface area contributed by atoms with Crippen molar-refractivity contribution >= 4 is 23.9 Å². The third kappa shape index (κ3) is 42.7. The van der Waals surface area contributed by atoms with Crippen LogP contribution in [0.1, 0.15) is 121 Å². The van der Waals surface area contributed by atoms with E-state index in [4.69, 9.17) is 48.1 Å². The Bertz CT molecular complexity index is 1600. The Balaban J connectivity index is 0. The molecule has 0 aliphatic carbocycles. The summed E-state index contributed by atoms with van der Waals surface area (Å²) in [6.45, 7) is 21.9. The Morgan fingerprint density at radius 3 is 1.24 bits per heavy atom. The molecule has 0 amide bonds. The minimum absolute atomic E-state index is 0.195. The first-order valence-corrected chi connectivity index (χ1v) is 23.2. The molecule has 67 heavy (non-hydrogen) atoms. The van der Waals surface area contributed by atoms with Gasteiger partial charge in [0.2, 0.25) is 0 Å². The van der Waals surface area contributed by atoms with Gasteiger partial charge in [-0.1, -0.05) is 39.2 Å². The van der Waals surface area contributed by atoms with Crippen LogP contribution in [0.2, 0.25) is 0 Å². The van der Waals surface area contributed by atoms with Gasteiger partial charge in [0.25, 0.3) is 0 Å². The molecule has 2 rings (SSSR count). The zero-order valence-corrected chi connectivity index (χ0v) is 40.6. The van der Waals surface area contributed by atoms with Crippen molar-refractivity contribution in [1.82, 2.24) is 0 Å². The van der Waals surface area contributed by atoms with E-state index in [1.165, 1.54) is 6.08 Å². The molecule has 2 aromatic rings. The molecular formula is C53H80O14. The van der Waals surface area contributed by atoms with Crippen molar-refractivity contribution in [2.24, 2.45) is 0 Å². The maximum atomic E-state index is 12.5. The summed E-state index contributed by atoms with van der Waals surface area (Å²) in [7, 11) is 1.68. The first kappa shape index (κ1) is 63.4. The molecule has 0 aliphatic heterocycles. The number of carbonyl (C=O) groups excluding carboxylic acids is 4. The summed E-state index contributed by atoms with van der Waals surface area (Å²) in [5.41, 5.74) is 0.427. The van der Waals surface area contributed by atoms with Gasteiger partial charge in [-0.2, -0.15) is 0 Å². The van der Waals surface area contributed by atoms with Gasteiger partial charge in [0.05, 0.1) is 58.1 Å². The fourth-order valence-electron chi connectivity index (χ4n) is 5.07. The molecule has 0 fully saturated rings. The molecule has 0 spiro atoms. The highest BCUT2D eigenvalue weighted by atomic mass is 16.5. The Kier molecular flexibility index (Phi) is 45.6. The number of benzene rings is 2. The van der Waals surface area contributed by atoms with Crippen LogP contribution in [0.25, 0.3) is 0 Å². The average Bonchev–Trinajstić information content (AvgIpc) is 3.35. The first-order valence-electron chi connectivity index (χ1n) is 23.2. The van der Waals surface area contributed by atoms with Gasteiger partial charge < -0.3 is 48.1 Å². The Morgan fingerprint density at radius 2 is 0.896 bits per heavy atom. The van der Waals surface area contributed by atoms with Gasteiger partial charge in [-0.15, -0.1) is 6.58 Å². The maximum absolute atomic E-state index is 12.5. The normalized spacial score (nSPS) is 10.1. The molecule has 376 valence electrons. The number of aliphatic hydroxyl groups excluding tert-OH is 2. The molecule has 0 radical (unpaired) electrons. The number of unbranched alkanes of at least 4 members (excludes halogenated alkanes) is 10. The molecule has 14 nitrogen and oxygen atoms in total. The second-order valence-electron chi connectivity index (χ2n) is 14.4. The second-order valence-corrected chi connectivity index (χ2v) is 14.4. The molecule has 0 saturated carbocycles. The van der Waals surface area contributed by atoms with E-state index in [0.29, 0.717) is 62.5 Å². The van der Waals surface area contributed by atoms with Crippen molar-refractivity contribution in [3.05, 3.63) is 117 Å². The fraction of sp³-hybridized carbons (Fsp3) is 0.509. The highest BCUT2D eigenvalue weighted by Gasteiger charge is 2.09. The standard InChI is InChI=1S/C31H38O8.C12H20O3.C6H12O.C4H10O2/c1-3-29(32)37-23-11-7-5-9-21-35-26-15-13-25(14-16-26)31(34)39-28-19-17-27(18-20-28)36-22-10-6-8-12-24-38-30(33)4-2;1-3-9-14-10-7-5-6-8-11-15-12(13)4-2;1-4-5-6(2)7-3;5-3-1-2-4-6/h3-4,13-20H,1-2,5-12,21-24H2;3-4H,1-2,5-11H2;5H,4H2,1-3H3;5-6H,1-4H2/b;;6-5+;. The Morgan fingerprint density at radius 1 is 0.522 bits per heavy atom. The summed E-state index contributed by atoms with van der Waals surface area (Å²) in [5, 5.41) is 16.2. The van der Waals surface area contributed by atoms with Crippen LogP contribution in [0.3, 0.4) is 0 Å². The molecular weight excluding hydrogens is 861 g/mol. The van der Waals surface area contributed by atoms with Crippen LogP contribution in [-0.2, 0) is 38.1 Å². The SMILES string of the molecule is C=CC(=O)OCCCCCCOc1ccc(OC(=O)c2ccc(OCCCCCCOC(=O)C=C)cc2)cc1.C=CCOCCCCCCOC(=O)C=C.CC/C=C(\C)OC.OCCCCO. The van der Waals surface area contributed by atoms with Crippen molar-refractivity contribution in [3.8, 4) is 17.2 Å². The van der Waals surface area contributed by atoms with Crippen molar-refractivity contribution in [1.29, 1.82) is 0 Å². The van der Waals surface area contributed by atoms with E-state index in [1.807, 2.05) is 13.0 Å². The number of hydrogen-bond acceptors (Lipinski definition) is 14. The minimum Gasteiger partial charge on any atom is -0.502 e. The van der Waals surface area contributed by atoms with Crippen molar-refractivity contribution in [3.63, 3.8) is 0 Å². The first-order chi connectivity index (χ1) is 32.5. The second kappa shape index (κ2) is 48.2. The van der Waals surface area contributed by atoms with Gasteiger partial charge in [-0.25, -0.2) is 19.2 Å². The van der Waals surface area contributed by atoms with Crippen LogP contribution in [0.4, 0.5) is 0 Å². The van der Waals surface area contributed by atoms with Gasteiger partial charge in [-0.05, 0) is 151 Å². The molecule has 0 aromatic heterocycles. The summed E-state index contributed by atoms with van der Waals surface area (Å²) in [6, 6.07) is 13.8. The van der Waals surface area contributed by atoms with Gasteiger partial charge in [-0.3, -0.25) is 0 Å². The van der Waals surface area contributed by atoms with Crippen LogP contribution in [0.15, 0.2) is 111 Å². The lowest BCUT2D eigenvalue weighted by Gasteiger charge is -2.09. The summed E-state index contributed by atoms with van der Waals surface area (Å²) in [6.07, 6.45) is 21.1. The lowest BCUT2D eigenvalue weighted by atomic mass is 10.2. The lowest BCUT2D eigenvalue weighted by Crippen LogP contribution is -2.08. The number of aliphatic hydroxyl groups is 2. The van der Waals surface area contributed by atoms with Crippen molar-refractivity contribution < 1.29 is 67.3 Å². The van der Waals surface area contributed by atoms with E-state index in [-0.39, 0.29) is 19.2 Å². The summed E-state index contributed by atoms with van der Waals surface area (Å²) < 4.78 is 41.7. The van der Waals surface area contributed by atoms with E-state index in [0.717, 1.165) is 121 Å². The topological polar surface area (TPSA) is 183 Å². The summed E-state index contributed by atoms with van der Waals surface area (Å²) >= 11 is 0. The molecule has 0 heterocycles. The van der Waals surface area contributed by atoms with E-state index >= 15 is 0 Å². The zero-order valence-electron chi connectivity index (χ0n) is 40.6. The van der Waals surface area contributed by atoms with Crippen LogP contribution >= 0.6 is 0 Å². The monoisotopic (exact) mass is 941 g/mol. The van der Waals surface area contributed by atoms with Crippen LogP contribution in [0.5, 0.6) is 17.2 Å². The van der Waals surface area contributed by atoms with E-state index in [2.05, 4.69) is 33.2 Å². The number of ether oxygens (including phenoxy) is 8. The summed E-state index contributed by atoms with van der Waals surface area (Å²) in [4.78, 5) is 45.0. The molecule has 14 heteroatoms. The third-order valence-corrected chi connectivity index (χ3v) is 8.77. The number of carbonyl (C=O) groups is 4. The third-order valence-electron chi connectivity index (χ3n) is 8.77. The van der Waals surface area contributed by atoms with Crippen molar-refractivity contribution in [2.45, 2.75) is 110 Å². The Labute approximate surface area is 400 Å². The van der Waals surface area contributed by atoms with E-state index in [9.17, 15) is 19.2 Å². The molecule has 0 bridgehead atoms. The number of esters is 4. The summed E-state index contributed by atoms with van der Waals surface area (Å²) in [5.74, 6) is 1.24. The number of hydrogen-bond donors (Lipinski definition) is 2. The largest absolute Gasteiger partial charge is 0.502 e. The molecule has 0 unspecified atom stereocenters. The lowest BCUT2D eigenvalue weighted by molar-refractivity contribution is -0.138. The van der Waals surface area contributed by atoms with Crippen LogP contribution in [0, 0.1) is 0 Å². The molecule has 0 saturated heterocycles. The van der Waals surface area contributed by atoms with Gasteiger partial charge in [0, 0.05) is 38.0 Å². The van der Waals surface area contributed by atoms with Crippen molar-refractivity contribution in [2.75, 3.05) is 66.6 Å². The molecule has 0 atom stereocenters. The van der Waals surface area contributed by atoms with Gasteiger partial charge >= 0.3 is 23.9 Å². The van der Waals surface area contributed by atoms with Crippen LogP contribution in [-0.4, -0.2) is 101 Å². The van der Waals surface area contributed by atoms with Crippen LogP contribution < -0.4 is 14.2 Å². The number of rotatable bonds is 35. The number of allylic oxidation sites excluding steroid dienone is 2. The molecule has 2 aromatic carbocycles. The predicted octanol–water partition coefficient (Wildman–Crippen LogP) is 10.4. The zero-order chi connectivity index (χ0) is 50.0. The van der Waals surface area contributed by atoms with E-state index < -0.39 is 17.9 Å². The molecule has 2 N–H and O–H groups in total. The van der Waals surface area contributed by atoms with E-state index in [1.54, 1.807) is 61.7 Å². The quantitative estimate of drug-likeness (QED) is 0.0127. The smallest absolute Gasteiger partial charge is 0.343 e. The highest BCUT2D eigenvalue weighted by Crippen LogP contribution is 2.20. The average molecular weight is 941 g/mol. The maximum Gasteiger partial charge on any atom is 0.343 e. The van der Waals surface area contributed by atoms with Gasteiger partial charge in [0.15, 0.2) is 0 Å². The molecule has 0 aliphatic rings. The minimum atomic E-state index is -0.453. The fourth-order valence-corrected chi connectivity index (χ4v) is 5.07. The van der Waals surface area contributed by atoms with Gasteiger partial charge in [0.1, 0.15) is 17.2 Å². The predicted molar refractivity (Wildman–Crippen MR) is 263 cm³/mol.